The first-order valence-electron chi connectivity index (χ1n) is 8.06. The smallest absolute Gasteiger partial charge is 0.269 e. The third kappa shape index (κ3) is 3.72. The minimum absolute atomic E-state index is 0.262. The number of hydrogen-bond donors (Lipinski definition) is 1. The summed E-state index contributed by atoms with van der Waals surface area (Å²) in [7, 11) is 2.06. The van der Waals surface area contributed by atoms with E-state index < -0.39 is 17.5 Å². The van der Waals surface area contributed by atoms with Crippen LogP contribution < -0.4 is 5.32 Å². The molecule has 0 spiro atoms. The van der Waals surface area contributed by atoms with Gasteiger partial charge in [-0.2, -0.15) is 0 Å². The fourth-order valence-electron chi connectivity index (χ4n) is 3.11. The Morgan fingerprint density at radius 3 is 2.67 bits per heavy atom. The number of likely N-dealkylation sites (N-methyl/N-ethyl adjacent to an activating group) is 1. The van der Waals surface area contributed by atoms with E-state index in [4.69, 9.17) is 0 Å². The molecule has 1 fully saturated rings. The largest absolute Gasteiger partial charge is 0.346 e. The van der Waals surface area contributed by atoms with Crippen molar-refractivity contribution >= 4 is 5.91 Å². The topological polar surface area (TPSA) is 35.4 Å². The summed E-state index contributed by atoms with van der Waals surface area (Å²) in [5.74, 6) is -3.35. The number of nitrogens with one attached hydrogen (secondary N) is 1. The van der Waals surface area contributed by atoms with Crippen LogP contribution in [0, 0.1) is 17.5 Å². The molecule has 0 bridgehead atoms. The van der Waals surface area contributed by atoms with Gasteiger partial charge in [0.25, 0.3) is 5.91 Å². The molecule has 1 saturated heterocycles. The second-order valence-electron chi connectivity index (χ2n) is 6.36. The normalized spacial score (nSPS) is 21.2. The molecule has 0 aliphatic carbocycles. The van der Waals surface area contributed by atoms with Crippen molar-refractivity contribution < 1.29 is 18.0 Å². The molecule has 1 unspecified atom stereocenters. The first kappa shape index (κ1) is 16.8. The van der Waals surface area contributed by atoms with Crippen molar-refractivity contribution in [2.24, 2.45) is 0 Å². The molecule has 130 valence electrons. The summed E-state index contributed by atoms with van der Waals surface area (Å²) in [6, 6.07) is 1.47. The van der Waals surface area contributed by atoms with E-state index in [0.717, 1.165) is 32.4 Å². The SMILES string of the molecule is CN1CCCCC(N2C=C2C(=O)NCc2c(F)cc(F)cc2F)C1. The second kappa shape index (κ2) is 6.84. The molecule has 24 heavy (non-hydrogen) atoms. The first-order valence-corrected chi connectivity index (χ1v) is 8.06. The van der Waals surface area contributed by atoms with Crippen LogP contribution in [0.2, 0.25) is 0 Å². The molecular weight excluding hydrogens is 319 g/mol. The molecule has 2 heterocycles. The van der Waals surface area contributed by atoms with E-state index in [9.17, 15) is 18.0 Å². The number of nitrogens with zero attached hydrogens (tertiary/aromatic N) is 2. The molecule has 0 radical (unpaired) electrons. The standard InChI is InChI=1S/C17H20F3N3O/c1-22-5-3-2-4-12(9-22)23-10-16(23)17(24)21-8-13-14(19)6-11(18)7-15(13)20/h6-7,10,12H,2-5,8-9H2,1H3,(H,21,24). The molecule has 3 rings (SSSR count). The van der Waals surface area contributed by atoms with E-state index in [0.29, 0.717) is 17.8 Å². The van der Waals surface area contributed by atoms with Crippen LogP contribution in [0.5, 0.6) is 0 Å². The third-order valence-corrected chi connectivity index (χ3v) is 4.48. The van der Waals surface area contributed by atoms with Crippen LogP contribution in [0.25, 0.3) is 0 Å². The van der Waals surface area contributed by atoms with Gasteiger partial charge in [0.15, 0.2) is 0 Å². The summed E-state index contributed by atoms with van der Waals surface area (Å²) in [6.45, 7) is 1.62. The highest BCUT2D eigenvalue weighted by molar-refractivity contribution is 5.96. The van der Waals surface area contributed by atoms with Gasteiger partial charge in [0.2, 0.25) is 0 Å². The highest BCUT2D eigenvalue weighted by Gasteiger charge is 2.35. The fraction of sp³-hybridized carbons (Fsp3) is 0.471. The average Bonchev–Trinajstić information content (AvgIpc) is 3.30. The Morgan fingerprint density at radius 1 is 1.25 bits per heavy atom. The van der Waals surface area contributed by atoms with Crippen LogP contribution in [0.4, 0.5) is 13.2 Å². The fourth-order valence-corrected chi connectivity index (χ4v) is 3.11. The molecular formula is C17H20F3N3O. The molecule has 7 heteroatoms. The lowest BCUT2D eigenvalue weighted by Crippen LogP contribution is -2.35. The Labute approximate surface area is 138 Å². The summed E-state index contributed by atoms with van der Waals surface area (Å²) in [4.78, 5) is 16.3. The van der Waals surface area contributed by atoms with E-state index in [1.165, 1.54) is 0 Å². The number of rotatable bonds is 4. The quantitative estimate of drug-likeness (QED) is 0.915. The van der Waals surface area contributed by atoms with E-state index >= 15 is 0 Å². The number of carbonyl (C=O) groups excluding carboxylic acids is 1. The highest BCUT2D eigenvalue weighted by Crippen LogP contribution is 2.29. The molecule has 1 N–H and O–H groups in total. The maximum atomic E-state index is 13.6. The average molecular weight is 339 g/mol. The summed E-state index contributed by atoms with van der Waals surface area (Å²) >= 11 is 0. The van der Waals surface area contributed by atoms with E-state index in [-0.39, 0.29) is 24.1 Å². The number of likely N-dealkylation sites (tertiary alicyclic amines) is 1. The van der Waals surface area contributed by atoms with Gasteiger partial charge in [-0.05, 0) is 26.4 Å². The van der Waals surface area contributed by atoms with Crippen molar-refractivity contribution in [3.8, 4) is 0 Å². The van der Waals surface area contributed by atoms with Crippen molar-refractivity contribution in [3.63, 3.8) is 0 Å². The van der Waals surface area contributed by atoms with Crippen LogP contribution in [-0.2, 0) is 11.3 Å². The van der Waals surface area contributed by atoms with Crippen molar-refractivity contribution in [2.75, 3.05) is 20.1 Å². The van der Waals surface area contributed by atoms with Gasteiger partial charge in [-0.1, -0.05) is 6.42 Å². The Balaban J connectivity index is 1.55. The molecule has 2 aliphatic heterocycles. The molecule has 2 aliphatic rings. The number of benzene rings is 1. The maximum Gasteiger partial charge on any atom is 0.269 e. The maximum absolute atomic E-state index is 13.6. The van der Waals surface area contributed by atoms with Crippen molar-refractivity contribution in [1.29, 1.82) is 0 Å². The number of halogens is 3. The van der Waals surface area contributed by atoms with E-state index in [2.05, 4.69) is 17.3 Å². The molecule has 1 amide bonds. The predicted octanol–water partition coefficient (Wildman–Crippen LogP) is 2.36. The summed E-state index contributed by atoms with van der Waals surface area (Å²) < 4.78 is 40.0. The minimum Gasteiger partial charge on any atom is -0.346 e. The lowest BCUT2D eigenvalue weighted by atomic mass is 10.1. The lowest BCUT2D eigenvalue weighted by Gasteiger charge is -2.22. The predicted molar refractivity (Wildman–Crippen MR) is 83.2 cm³/mol. The van der Waals surface area contributed by atoms with Gasteiger partial charge in [0.05, 0.1) is 0 Å². The van der Waals surface area contributed by atoms with Gasteiger partial charge >= 0.3 is 0 Å². The minimum atomic E-state index is -1.00. The molecule has 0 saturated carbocycles. The monoisotopic (exact) mass is 339 g/mol. The second-order valence-corrected chi connectivity index (χ2v) is 6.36. The summed E-state index contributed by atoms with van der Waals surface area (Å²) in [5.41, 5.74) is 0.185. The Morgan fingerprint density at radius 2 is 1.96 bits per heavy atom. The van der Waals surface area contributed by atoms with Crippen LogP contribution in [-0.4, -0.2) is 41.9 Å². The van der Waals surface area contributed by atoms with Gasteiger partial charge in [-0.25, -0.2) is 13.2 Å². The Kier molecular flexibility index (Phi) is 4.80. The molecule has 1 atom stereocenters. The van der Waals surface area contributed by atoms with Gasteiger partial charge in [-0.3, -0.25) is 4.79 Å². The molecule has 0 aromatic heterocycles. The van der Waals surface area contributed by atoms with Crippen molar-refractivity contribution in [1.82, 2.24) is 15.1 Å². The van der Waals surface area contributed by atoms with Crippen LogP contribution in [0.1, 0.15) is 24.8 Å². The zero-order valence-corrected chi connectivity index (χ0v) is 13.5. The third-order valence-electron chi connectivity index (χ3n) is 4.48. The zero-order chi connectivity index (χ0) is 17.3. The first-order chi connectivity index (χ1) is 11.5. The van der Waals surface area contributed by atoms with Crippen molar-refractivity contribution in [2.45, 2.75) is 31.8 Å². The van der Waals surface area contributed by atoms with E-state index in [1.54, 1.807) is 6.20 Å². The van der Waals surface area contributed by atoms with Gasteiger partial charge in [0.1, 0.15) is 23.1 Å². The molecule has 4 nitrogen and oxygen atoms in total. The van der Waals surface area contributed by atoms with Crippen LogP contribution in [0.3, 0.4) is 0 Å². The Bertz CT molecular complexity index is 654. The summed E-state index contributed by atoms with van der Waals surface area (Å²) in [6.07, 6.45) is 5.03. The van der Waals surface area contributed by atoms with Gasteiger partial charge in [-0.15, -0.1) is 0 Å². The number of carbonyl (C=O) groups is 1. The van der Waals surface area contributed by atoms with Crippen LogP contribution in [0.15, 0.2) is 24.0 Å². The van der Waals surface area contributed by atoms with Gasteiger partial charge < -0.3 is 15.1 Å². The zero-order valence-electron chi connectivity index (χ0n) is 13.5. The lowest BCUT2D eigenvalue weighted by molar-refractivity contribution is -0.118. The van der Waals surface area contributed by atoms with Crippen LogP contribution >= 0.6 is 0 Å². The Hall–Kier alpha value is -2.02. The molecule has 1 aromatic carbocycles. The molecule has 1 aromatic rings. The van der Waals surface area contributed by atoms with E-state index in [1.807, 2.05) is 4.90 Å². The summed E-state index contributed by atoms with van der Waals surface area (Å²) in [5, 5.41) is 2.49. The highest BCUT2D eigenvalue weighted by atomic mass is 19.1. The number of hydrogen-bond acceptors (Lipinski definition) is 3. The number of amides is 1. The van der Waals surface area contributed by atoms with Crippen molar-refractivity contribution in [3.05, 3.63) is 47.0 Å². The van der Waals surface area contributed by atoms with Gasteiger partial charge in [0, 0.05) is 43.0 Å².